The lowest BCUT2D eigenvalue weighted by molar-refractivity contribution is 0.304. The highest BCUT2D eigenvalue weighted by atomic mass is 35.5. The second kappa shape index (κ2) is 6.90. The average molecular weight is 321 g/mol. The van der Waals surface area contributed by atoms with Gasteiger partial charge in [0.05, 0.1) is 10.7 Å². The minimum Gasteiger partial charge on any atom is -0.508 e. The summed E-state index contributed by atoms with van der Waals surface area (Å²) >= 11 is 6.12. The van der Waals surface area contributed by atoms with E-state index in [1.807, 2.05) is 12.1 Å². The van der Waals surface area contributed by atoms with E-state index in [-0.39, 0.29) is 5.75 Å². The van der Waals surface area contributed by atoms with Crippen LogP contribution in [0.25, 0.3) is 0 Å². The fourth-order valence-corrected chi connectivity index (χ4v) is 2.57. The number of phenols is 1. The van der Waals surface area contributed by atoms with Crippen LogP contribution in [0.15, 0.2) is 30.3 Å². The van der Waals surface area contributed by atoms with Gasteiger partial charge in [-0.05, 0) is 36.6 Å². The summed E-state index contributed by atoms with van der Waals surface area (Å²) < 4.78 is 5.87. The first-order valence-electron chi connectivity index (χ1n) is 7.15. The predicted octanol–water partition coefficient (Wildman–Crippen LogP) is 3.81. The molecule has 0 heterocycles. The van der Waals surface area contributed by atoms with Gasteiger partial charge in [-0.15, -0.1) is 0 Å². The number of hydrazine groups is 1. The zero-order valence-electron chi connectivity index (χ0n) is 13.1. The molecule has 0 aliphatic carbocycles. The lowest BCUT2D eigenvalue weighted by Crippen LogP contribution is -2.27. The Hall–Kier alpha value is -1.91. The molecule has 0 bridgehead atoms. The molecule has 0 saturated heterocycles. The summed E-state index contributed by atoms with van der Waals surface area (Å²) in [6.07, 6.45) is 0.892. The van der Waals surface area contributed by atoms with Gasteiger partial charge in [-0.25, -0.2) is 5.84 Å². The zero-order chi connectivity index (χ0) is 16.3. The lowest BCUT2D eigenvalue weighted by atomic mass is 10.0. The quantitative estimate of drug-likeness (QED) is 0.650. The number of ether oxygens (including phenoxy) is 1. The maximum Gasteiger partial charge on any atom is 0.138 e. The fourth-order valence-electron chi connectivity index (χ4n) is 2.35. The molecule has 2 rings (SSSR count). The van der Waals surface area contributed by atoms with Crippen LogP contribution in [0.3, 0.4) is 0 Å². The summed E-state index contributed by atoms with van der Waals surface area (Å²) in [4.78, 5) is 0. The maximum absolute atomic E-state index is 9.65. The van der Waals surface area contributed by atoms with Gasteiger partial charge in [0, 0.05) is 18.7 Å². The number of rotatable bonds is 5. The van der Waals surface area contributed by atoms with Crippen molar-refractivity contribution >= 4 is 17.3 Å². The van der Waals surface area contributed by atoms with Crippen molar-refractivity contribution < 1.29 is 9.84 Å². The molecule has 4 nitrogen and oxygen atoms in total. The summed E-state index contributed by atoms with van der Waals surface area (Å²) in [6.45, 7) is 4.26. The summed E-state index contributed by atoms with van der Waals surface area (Å²) in [5, 5.41) is 11.6. The number of nitrogens with two attached hydrogens (primary N) is 1. The van der Waals surface area contributed by atoms with E-state index in [0.717, 1.165) is 23.2 Å². The van der Waals surface area contributed by atoms with Gasteiger partial charge in [0.1, 0.15) is 18.1 Å². The van der Waals surface area contributed by atoms with Crippen LogP contribution in [0.1, 0.15) is 23.6 Å². The fraction of sp³-hybridized carbons (Fsp3) is 0.294. The van der Waals surface area contributed by atoms with Crippen LogP contribution in [-0.4, -0.2) is 12.2 Å². The molecule has 0 aliphatic rings. The predicted molar refractivity (Wildman–Crippen MR) is 90.6 cm³/mol. The first-order valence-corrected chi connectivity index (χ1v) is 7.53. The minimum absolute atomic E-state index is 0.161. The highest BCUT2D eigenvalue weighted by molar-refractivity contribution is 6.32. The van der Waals surface area contributed by atoms with E-state index in [1.54, 1.807) is 25.0 Å². The Labute approximate surface area is 136 Å². The van der Waals surface area contributed by atoms with Gasteiger partial charge in [-0.1, -0.05) is 30.7 Å². The molecule has 0 aliphatic heterocycles. The Kier molecular flexibility index (Phi) is 5.16. The van der Waals surface area contributed by atoms with Gasteiger partial charge in [-0.3, -0.25) is 0 Å². The number of nitrogens with zero attached hydrogens (tertiary/aromatic N) is 1. The molecule has 2 aromatic carbocycles. The van der Waals surface area contributed by atoms with Gasteiger partial charge in [0.15, 0.2) is 0 Å². The highest BCUT2D eigenvalue weighted by Crippen LogP contribution is 2.33. The molecule has 0 fully saturated rings. The van der Waals surface area contributed by atoms with E-state index < -0.39 is 0 Å². The van der Waals surface area contributed by atoms with Crippen LogP contribution < -0.4 is 15.6 Å². The van der Waals surface area contributed by atoms with Crippen LogP contribution in [0.5, 0.6) is 11.5 Å². The molecule has 0 unspecified atom stereocenters. The number of halogens is 1. The smallest absolute Gasteiger partial charge is 0.138 e. The largest absolute Gasteiger partial charge is 0.508 e. The summed E-state index contributed by atoms with van der Waals surface area (Å²) in [5.41, 5.74) is 3.86. The van der Waals surface area contributed by atoms with E-state index in [4.69, 9.17) is 22.2 Å². The summed E-state index contributed by atoms with van der Waals surface area (Å²) in [6, 6.07) is 9.24. The third-order valence-electron chi connectivity index (χ3n) is 3.63. The number of benzene rings is 2. The van der Waals surface area contributed by atoms with Crippen molar-refractivity contribution in [3.8, 4) is 11.5 Å². The Morgan fingerprint density at radius 1 is 1.32 bits per heavy atom. The van der Waals surface area contributed by atoms with Crippen LogP contribution in [-0.2, 0) is 13.0 Å². The van der Waals surface area contributed by atoms with E-state index >= 15 is 0 Å². The van der Waals surface area contributed by atoms with E-state index in [2.05, 4.69) is 13.0 Å². The molecule has 5 heteroatoms. The van der Waals surface area contributed by atoms with Crippen molar-refractivity contribution in [2.24, 2.45) is 5.84 Å². The van der Waals surface area contributed by atoms with E-state index in [0.29, 0.717) is 17.4 Å². The van der Waals surface area contributed by atoms with Gasteiger partial charge < -0.3 is 14.9 Å². The summed E-state index contributed by atoms with van der Waals surface area (Å²) in [5.74, 6) is 6.61. The molecular weight excluding hydrogens is 300 g/mol. The zero-order valence-corrected chi connectivity index (χ0v) is 13.8. The third-order valence-corrected chi connectivity index (χ3v) is 3.93. The number of aromatic hydroxyl groups is 1. The van der Waals surface area contributed by atoms with Crippen LogP contribution >= 0.6 is 11.6 Å². The number of anilines is 1. The molecule has 118 valence electrons. The van der Waals surface area contributed by atoms with Crippen molar-refractivity contribution in [3.05, 3.63) is 52.0 Å². The third kappa shape index (κ3) is 3.46. The molecule has 0 radical (unpaired) electrons. The van der Waals surface area contributed by atoms with E-state index in [9.17, 15) is 5.11 Å². The number of aryl methyl sites for hydroxylation is 2. The van der Waals surface area contributed by atoms with Crippen LogP contribution in [0.2, 0.25) is 5.02 Å². The molecule has 0 amide bonds. The van der Waals surface area contributed by atoms with Crippen molar-refractivity contribution in [2.45, 2.75) is 26.9 Å². The minimum atomic E-state index is 0.161. The van der Waals surface area contributed by atoms with Crippen molar-refractivity contribution in [1.29, 1.82) is 0 Å². The van der Waals surface area contributed by atoms with Crippen molar-refractivity contribution in [1.82, 2.24) is 0 Å². The topological polar surface area (TPSA) is 58.7 Å². The Bertz CT molecular complexity index is 672. The van der Waals surface area contributed by atoms with Gasteiger partial charge >= 0.3 is 0 Å². The normalized spacial score (nSPS) is 10.6. The molecule has 0 atom stereocenters. The number of phenolic OH excluding ortho intramolecular Hbond substituents is 1. The molecule has 0 aromatic heterocycles. The first kappa shape index (κ1) is 16.5. The lowest BCUT2D eigenvalue weighted by Gasteiger charge is -2.20. The monoisotopic (exact) mass is 320 g/mol. The highest BCUT2D eigenvalue weighted by Gasteiger charge is 2.12. The van der Waals surface area contributed by atoms with Crippen molar-refractivity contribution in [3.63, 3.8) is 0 Å². The Balaban J connectivity index is 2.30. The SMILES string of the molecule is CCc1cccc(N(C)N)c1COc1cc(C)c(O)cc1Cl. The first-order chi connectivity index (χ1) is 10.4. The Morgan fingerprint density at radius 3 is 2.68 bits per heavy atom. The molecule has 2 aromatic rings. The second-order valence-corrected chi connectivity index (χ2v) is 5.64. The molecular formula is C17H21ClN2O2. The van der Waals surface area contributed by atoms with E-state index in [1.165, 1.54) is 11.6 Å². The average Bonchev–Trinajstić information content (AvgIpc) is 2.49. The molecule has 22 heavy (non-hydrogen) atoms. The van der Waals surface area contributed by atoms with Gasteiger partial charge in [0.25, 0.3) is 0 Å². The maximum atomic E-state index is 9.65. The van der Waals surface area contributed by atoms with Gasteiger partial charge in [-0.2, -0.15) is 0 Å². The summed E-state index contributed by atoms with van der Waals surface area (Å²) in [7, 11) is 1.80. The standard InChI is InChI=1S/C17H21ClN2O2/c1-4-12-6-5-7-15(20(3)19)13(12)10-22-17-8-11(2)16(21)9-14(17)18/h5-9,21H,4,10,19H2,1-3H3. The number of hydrogen-bond acceptors (Lipinski definition) is 4. The van der Waals surface area contributed by atoms with Crippen molar-refractivity contribution in [2.75, 3.05) is 12.1 Å². The molecule has 3 N–H and O–H groups in total. The van der Waals surface area contributed by atoms with Gasteiger partial charge in [0.2, 0.25) is 0 Å². The molecule has 0 spiro atoms. The molecule has 0 saturated carbocycles. The Morgan fingerprint density at radius 2 is 2.05 bits per heavy atom. The van der Waals surface area contributed by atoms with Crippen LogP contribution in [0.4, 0.5) is 5.69 Å². The number of hydrogen-bond donors (Lipinski definition) is 2. The second-order valence-electron chi connectivity index (χ2n) is 5.24. The van der Waals surface area contributed by atoms with Crippen LogP contribution in [0, 0.1) is 6.92 Å².